The van der Waals surface area contributed by atoms with Gasteiger partial charge in [-0.05, 0) is 47.2 Å². The molecule has 0 fully saturated rings. The van der Waals surface area contributed by atoms with Crippen molar-refractivity contribution in [1.82, 2.24) is 53.6 Å². The summed E-state index contributed by atoms with van der Waals surface area (Å²) in [4.78, 5) is 41.4. The van der Waals surface area contributed by atoms with Crippen LogP contribution in [-0.4, -0.2) is 132 Å². The van der Waals surface area contributed by atoms with Crippen LogP contribution in [0.3, 0.4) is 0 Å². The summed E-state index contributed by atoms with van der Waals surface area (Å²) >= 11 is 0. The number of nitrogens with zero attached hydrogens (tertiary/aromatic N) is 13. The second kappa shape index (κ2) is 24.0. The number of halogens is 2. The number of amides is 4. The minimum Gasteiger partial charge on any atom is -0.806 e. The Balaban J connectivity index is 0.000000225. The monoisotopic (exact) mass is 1100 g/mol. The lowest BCUT2D eigenvalue weighted by Crippen LogP contribution is -2.51. The lowest BCUT2D eigenvalue weighted by Gasteiger charge is -2.18. The minimum absolute atomic E-state index is 0.0327. The van der Waals surface area contributed by atoms with Gasteiger partial charge in [-0.25, -0.2) is 22.9 Å². The maximum Gasteiger partial charge on any atom is 0.388 e. The highest BCUT2D eigenvalue weighted by atomic mass is 32.2. The molecule has 0 radical (unpaired) electrons. The number of aromatic nitrogens is 9. The Bertz CT molecular complexity index is 3560. The van der Waals surface area contributed by atoms with Gasteiger partial charge < -0.3 is 30.9 Å². The van der Waals surface area contributed by atoms with Crippen molar-refractivity contribution < 1.29 is 49.7 Å². The number of nitrogen functional groups attached to an aromatic ring is 1. The van der Waals surface area contributed by atoms with Crippen molar-refractivity contribution in [1.29, 1.82) is 0 Å². The first-order valence-corrected chi connectivity index (χ1v) is 26.2. The van der Waals surface area contributed by atoms with Crippen LogP contribution in [0.4, 0.5) is 30.6 Å². The summed E-state index contributed by atoms with van der Waals surface area (Å²) in [7, 11) is 7.39. The van der Waals surface area contributed by atoms with E-state index < -0.39 is 59.8 Å². The van der Waals surface area contributed by atoms with E-state index in [0.29, 0.717) is 27.9 Å². The molecule has 4 N–H and O–H groups in total. The Hall–Kier alpha value is -8.53. The summed E-state index contributed by atoms with van der Waals surface area (Å²) in [5.74, 6) is -1.62. The number of benzene rings is 2. The van der Waals surface area contributed by atoms with Gasteiger partial charge in [0, 0.05) is 145 Å². The van der Waals surface area contributed by atoms with Crippen molar-refractivity contribution >= 4 is 61.0 Å². The molecule has 0 bridgehead atoms. The van der Waals surface area contributed by atoms with Crippen molar-refractivity contribution in [2.24, 2.45) is 32.6 Å². The molecular weight excluding hydrogens is 1040 g/mol. The number of anilines is 3. The molecule has 5 heterocycles. The van der Waals surface area contributed by atoms with Gasteiger partial charge in [0.25, 0.3) is 27.9 Å². The average Bonchev–Trinajstić information content (AvgIpc) is 4.17. The highest BCUT2D eigenvalue weighted by molar-refractivity contribution is 7.90. The van der Waals surface area contributed by atoms with Crippen molar-refractivity contribution in [2.75, 3.05) is 58.2 Å². The van der Waals surface area contributed by atoms with Gasteiger partial charge in [0.05, 0.1) is 30.5 Å². The van der Waals surface area contributed by atoms with Gasteiger partial charge in [0.1, 0.15) is 23.0 Å². The van der Waals surface area contributed by atoms with Crippen LogP contribution in [0.15, 0.2) is 100 Å². The van der Waals surface area contributed by atoms with Gasteiger partial charge in [-0.2, -0.15) is 37.2 Å². The van der Waals surface area contributed by atoms with Crippen LogP contribution >= 0.6 is 0 Å². The SMILES string of the molecule is CC(C)c1cc(F)cc(-c2cnn(C)c2)c1N.CC(C)c1cc(F)cc(-c2cnn(C)c2)c1NC(=O)NS(=O)(=O)c1cc(C(=O)N(C)C)n(C)n1.CN(C)C(=O)c1cc(S(=O)(=O)N=C([O-])[n+]2ccc(N(C)C)cc2)nn1C. The van der Waals surface area contributed by atoms with Gasteiger partial charge in [-0.3, -0.25) is 28.3 Å². The largest absolute Gasteiger partial charge is 0.806 e. The third-order valence-electron chi connectivity index (χ3n) is 11.3. The van der Waals surface area contributed by atoms with Crippen LogP contribution in [0.1, 0.15) is 71.6 Å². The molecule has 0 aliphatic rings. The average molecular weight is 1110 g/mol. The number of rotatable bonds is 12. The van der Waals surface area contributed by atoms with Gasteiger partial charge in [-0.1, -0.05) is 27.7 Å². The molecule has 412 valence electrons. The lowest BCUT2D eigenvalue weighted by atomic mass is 9.95. The smallest absolute Gasteiger partial charge is 0.388 e. The fraction of sp³-hybridized carbons (Fsp3) is 0.327. The second-order valence-corrected chi connectivity index (χ2v) is 21.8. The van der Waals surface area contributed by atoms with Gasteiger partial charge in [0.2, 0.25) is 5.03 Å². The Morgan fingerprint density at radius 2 is 1.16 bits per heavy atom. The molecule has 7 aromatic rings. The second-order valence-electron chi connectivity index (χ2n) is 18.6. The molecule has 0 aliphatic carbocycles. The molecule has 0 saturated carbocycles. The Morgan fingerprint density at radius 1 is 0.701 bits per heavy atom. The quantitative estimate of drug-likeness (QED) is 0.0682. The number of hydrogen-bond acceptors (Lipinski definition) is 14. The minimum atomic E-state index is -4.41. The van der Waals surface area contributed by atoms with Crippen molar-refractivity contribution in [2.45, 2.75) is 49.6 Å². The third kappa shape index (κ3) is 14.4. The maximum absolute atomic E-state index is 14.4. The van der Waals surface area contributed by atoms with Crippen LogP contribution in [-0.2, 0) is 48.2 Å². The van der Waals surface area contributed by atoms with Crippen LogP contribution in [0, 0.1) is 11.6 Å². The molecule has 0 aliphatic heterocycles. The summed E-state index contributed by atoms with van der Waals surface area (Å²) in [5, 5.41) is 29.5. The highest BCUT2D eigenvalue weighted by Gasteiger charge is 2.29. The summed E-state index contributed by atoms with van der Waals surface area (Å²) in [5.41, 5.74) is 11.7. The molecule has 0 spiro atoms. The van der Waals surface area contributed by atoms with Gasteiger partial charge in [-0.15, -0.1) is 0 Å². The fourth-order valence-corrected chi connectivity index (χ4v) is 9.05. The number of aryl methyl sites for hydroxylation is 4. The molecule has 77 heavy (non-hydrogen) atoms. The van der Waals surface area contributed by atoms with E-state index in [2.05, 4.69) is 30.1 Å². The number of pyridine rings is 1. The van der Waals surface area contributed by atoms with E-state index in [1.165, 1.54) is 99.6 Å². The van der Waals surface area contributed by atoms with E-state index in [-0.39, 0.29) is 34.7 Å². The van der Waals surface area contributed by atoms with Crippen molar-refractivity contribution in [3.05, 3.63) is 120 Å². The predicted molar refractivity (Wildman–Crippen MR) is 283 cm³/mol. The van der Waals surface area contributed by atoms with Crippen LogP contribution in [0.2, 0.25) is 0 Å². The zero-order valence-electron chi connectivity index (χ0n) is 45.0. The first-order valence-electron chi connectivity index (χ1n) is 23.3. The molecule has 7 rings (SSSR count). The molecule has 2 aromatic carbocycles. The molecule has 5 aromatic heterocycles. The third-order valence-corrected chi connectivity index (χ3v) is 13.6. The highest BCUT2D eigenvalue weighted by Crippen LogP contribution is 2.36. The molecular formula is C49H62F2N16O8S2. The van der Waals surface area contributed by atoms with Gasteiger partial charge >= 0.3 is 16.1 Å². The zero-order valence-corrected chi connectivity index (χ0v) is 46.6. The summed E-state index contributed by atoms with van der Waals surface area (Å²) < 4.78 is 89.8. The number of sulfonamides is 2. The normalized spacial score (nSPS) is 11.6. The standard InChI is InChI=1S/C21H26FN7O4S.C15H20N6O4S.C13H16FN3/c1-12(2)15-7-14(22)8-16(13-10-23-28(5)11-13)19(15)24-21(31)26-34(32,33)18-9-17(29(6)25-18)20(30)27(3)4;1-18(2)11-6-8-21(9-7-11)15(23)17-26(24,25)13-10-12(20(5)16-13)14(22)19(3)4;1-8(2)11-4-10(14)5-12(13(11)15)9-6-16-17(3)7-9/h7-12H,1-6H3,(H2,24,26,31);6-10H,1-5H3;4-8H,15H2,1-3H3. The molecule has 0 atom stereocenters. The fourth-order valence-electron chi connectivity index (χ4n) is 7.28. The number of carbonyl (C=O) groups is 3. The predicted octanol–water partition coefficient (Wildman–Crippen LogP) is 3.66. The number of urea groups is 1. The van der Waals surface area contributed by atoms with Crippen LogP contribution in [0.25, 0.3) is 22.3 Å². The van der Waals surface area contributed by atoms with E-state index in [0.717, 1.165) is 42.9 Å². The van der Waals surface area contributed by atoms with E-state index >= 15 is 0 Å². The zero-order chi connectivity index (χ0) is 57.6. The molecule has 4 amide bonds. The number of nitrogens with two attached hydrogens (primary N) is 1. The Morgan fingerprint density at radius 3 is 1.61 bits per heavy atom. The van der Waals surface area contributed by atoms with E-state index in [1.54, 1.807) is 36.3 Å². The van der Waals surface area contributed by atoms with E-state index in [1.807, 2.05) is 64.7 Å². The van der Waals surface area contributed by atoms with E-state index in [9.17, 15) is 45.1 Å². The summed E-state index contributed by atoms with van der Waals surface area (Å²) in [6.07, 6.45) is 9.50. The van der Waals surface area contributed by atoms with Crippen molar-refractivity contribution in [3.63, 3.8) is 0 Å². The topological polar surface area (TPSA) is 290 Å². The number of nitrogens with one attached hydrogen (secondary N) is 2. The molecule has 0 unspecified atom stereocenters. The van der Waals surface area contributed by atoms with E-state index in [4.69, 9.17) is 5.73 Å². The molecule has 28 heteroatoms. The Labute approximate surface area is 445 Å². The first-order chi connectivity index (χ1) is 35.8. The van der Waals surface area contributed by atoms with Crippen LogP contribution in [0.5, 0.6) is 0 Å². The summed E-state index contributed by atoms with van der Waals surface area (Å²) in [6.45, 7) is 7.63. The molecule has 24 nitrogen and oxygen atoms in total. The maximum atomic E-state index is 14.4. The van der Waals surface area contributed by atoms with Crippen LogP contribution < -0.4 is 30.3 Å². The Kier molecular flexibility index (Phi) is 18.5. The molecule has 0 saturated heterocycles. The lowest BCUT2D eigenvalue weighted by molar-refractivity contribution is -0.613. The number of hydrogen-bond donors (Lipinski definition) is 3. The van der Waals surface area contributed by atoms with Gasteiger partial charge in [0.15, 0.2) is 5.03 Å². The van der Waals surface area contributed by atoms with Crippen molar-refractivity contribution in [3.8, 4) is 22.3 Å². The first kappa shape index (κ1) is 59.3. The number of carbonyl (C=O) groups excluding carboxylic acids is 3. The summed E-state index contributed by atoms with van der Waals surface area (Å²) in [6, 6.07) is 8.90.